The van der Waals surface area contributed by atoms with Crippen LogP contribution in [0, 0.1) is 0 Å². The summed E-state index contributed by atoms with van der Waals surface area (Å²) in [6, 6.07) is 33.9. The maximum Gasteiger partial charge on any atom is 0.415 e. The third-order valence-corrected chi connectivity index (χ3v) is 7.82. The topological polar surface area (TPSA) is 94.5 Å². The average molecular weight is 630 g/mol. The second kappa shape index (κ2) is 18.4. The maximum absolute atomic E-state index is 13.2. The van der Waals surface area contributed by atoms with Crippen LogP contribution in [0.3, 0.4) is 0 Å². The van der Waals surface area contributed by atoms with Gasteiger partial charge < -0.3 is 29.0 Å². The Kier molecular flexibility index (Phi) is 13.6. The largest absolute Gasteiger partial charge is 0.492 e. The van der Waals surface area contributed by atoms with Crippen LogP contribution in [-0.4, -0.2) is 60.2 Å². The van der Waals surface area contributed by atoms with E-state index in [-0.39, 0.29) is 13.0 Å². The van der Waals surface area contributed by atoms with Crippen LogP contribution in [0.5, 0.6) is 23.0 Å². The van der Waals surface area contributed by atoms with Gasteiger partial charge in [0.2, 0.25) is 0 Å². The first-order valence-electron chi connectivity index (χ1n) is 15.0. The number of aliphatic carboxylic acids is 1. The molecule has 1 N–H and O–H groups in total. The van der Waals surface area contributed by atoms with Gasteiger partial charge >= 0.3 is 12.1 Å². The highest BCUT2D eigenvalue weighted by atomic mass is 32.2. The Bertz CT molecular complexity index is 1430. The molecule has 0 fully saturated rings. The molecule has 4 aromatic carbocycles. The number of carboxylic acid groups (broad SMARTS) is 1. The minimum atomic E-state index is -0.987. The Hall–Kier alpha value is -4.47. The summed E-state index contributed by atoms with van der Waals surface area (Å²) in [7, 11) is 0. The molecule has 0 radical (unpaired) electrons. The number of amides is 1. The van der Waals surface area contributed by atoms with Gasteiger partial charge in [0.25, 0.3) is 0 Å². The lowest BCUT2D eigenvalue weighted by molar-refractivity contribution is -0.149. The Morgan fingerprint density at radius 3 is 2.04 bits per heavy atom. The molecule has 1 unspecified atom stereocenters. The van der Waals surface area contributed by atoms with Crippen LogP contribution in [0.4, 0.5) is 4.79 Å². The Morgan fingerprint density at radius 2 is 1.38 bits per heavy atom. The van der Waals surface area contributed by atoms with Crippen LogP contribution in [0.15, 0.2) is 114 Å². The van der Waals surface area contributed by atoms with Gasteiger partial charge in [0, 0.05) is 24.5 Å². The van der Waals surface area contributed by atoms with Crippen molar-refractivity contribution in [3.63, 3.8) is 0 Å². The van der Waals surface area contributed by atoms with Gasteiger partial charge in [-0.2, -0.15) is 0 Å². The molecule has 0 aliphatic rings. The monoisotopic (exact) mass is 629 g/mol. The molecule has 0 bridgehead atoms. The number of carbonyl (C=O) groups excluding carboxylic acids is 1. The van der Waals surface area contributed by atoms with Gasteiger partial charge in [-0.05, 0) is 91.7 Å². The fourth-order valence-corrected chi connectivity index (χ4v) is 5.33. The van der Waals surface area contributed by atoms with E-state index < -0.39 is 18.2 Å². The summed E-state index contributed by atoms with van der Waals surface area (Å²) in [5, 5.41) is 9.34. The van der Waals surface area contributed by atoms with Crippen molar-refractivity contribution in [3.8, 4) is 23.0 Å². The summed E-state index contributed by atoms with van der Waals surface area (Å²) in [6.45, 7) is 3.24. The van der Waals surface area contributed by atoms with E-state index in [9.17, 15) is 14.7 Å². The van der Waals surface area contributed by atoms with E-state index in [0.29, 0.717) is 36.9 Å². The smallest absolute Gasteiger partial charge is 0.415 e. The van der Waals surface area contributed by atoms with Crippen LogP contribution in [0.2, 0.25) is 0 Å². The highest BCUT2D eigenvalue weighted by Gasteiger charge is 2.18. The lowest BCUT2D eigenvalue weighted by Crippen LogP contribution is -2.37. The summed E-state index contributed by atoms with van der Waals surface area (Å²) in [5.41, 5.74) is 0.835. The molecule has 0 saturated carbocycles. The molecular formula is C36H39NO7S. The van der Waals surface area contributed by atoms with Gasteiger partial charge in [0.1, 0.15) is 29.6 Å². The number of nitrogens with zero attached hydrogens (tertiary/aromatic N) is 1. The summed E-state index contributed by atoms with van der Waals surface area (Å²) in [5.74, 6) is 2.38. The summed E-state index contributed by atoms with van der Waals surface area (Å²) >= 11 is 1.80. The van der Waals surface area contributed by atoms with Crippen molar-refractivity contribution in [2.24, 2.45) is 0 Å². The second-order valence-corrected chi connectivity index (χ2v) is 11.3. The van der Waals surface area contributed by atoms with Crippen LogP contribution >= 0.6 is 11.8 Å². The molecule has 0 spiro atoms. The van der Waals surface area contributed by atoms with Crippen molar-refractivity contribution in [2.45, 2.75) is 37.2 Å². The van der Waals surface area contributed by atoms with Gasteiger partial charge in [0.15, 0.2) is 6.10 Å². The van der Waals surface area contributed by atoms with E-state index in [1.807, 2.05) is 60.7 Å². The Balaban J connectivity index is 1.30. The molecule has 1 amide bonds. The molecule has 45 heavy (non-hydrogen) atoms. The fourth-order valence-electron chi connectivity index (χ4n) is 4.40. The molecule has 4 aromatic rings. The van der Waals surface area contributed by atoms with Gasteiger partial charge in [0.05, 0.1) is 6.54 Å². The molecule has 0 aliphatic heterocycles. The second-order valence-electron chi connectivity index (χ2n) is 10.1. The van der Waals surface area contributed by atoms with Gasteiger partial charge in [-0.1, -0.05) is 48.5 Å². The molecule has 0 aromatic heterocycles. The zero-order chi connectivity index (χ0) is 31.7. The van der Waals surface area contributed by atoms with Crippen molar-refractivity contribution < 1.29 is 33.6 Å². The highest BCUT2D eigenvalue weighted by molar-refractivity contribution is 7.99. The van der Waals surface area contributed by atoms with Gasteiger partial charge in [-0.25, -0.2) is 9.59 Å². The molecule has 8 nitrogen and oxygen atoms in total. The zero-order valence-electron chi connectivity index (χ0n) is 25.4. The van der Waals surface area contributed by atoms with Crippen LogP contribution < -0.4 is 14.2 Å². The number of rotatable bonds is 18. The van der Waals surface area contributed by atoms with Crippen LogP contribution in [0.25, 0.3) is 0 Å². The number of benzene rings is 4. The first kappa shape index (κ1) is 33.4. The number of unbranched alkanes of at least 4 members (excludes halogenated alkanes) is 1. The van der Waals surface area contributed by atoms with Gasteiger partial charge in [-0.15, -0.1) is 11.8 Å². The number of carbonyl (C=O) groups is 2. The number of hydrogen-bond acceptors (Lipinski definition) is 7. The molecule has 1 atom stereocenters. The Morgan fingerprint density at radius 1 is 0.756 bits per heavy atom. The van der Waals surface area contributed by atoms with E-state index >= 15 is 0 Å². The van der Waals surface area contributed by atoms with Gasteiger partial charge in [-0.3, -0.25) is 0 Å². The molecule has 0 heterocycles. The lowest BCUT2D eigenvalue weighted by atomic mass is 10.1. The summed E-state index contributed by atoms with van der Waals surface area (Å²) < 4.78 is 22.8. The highest BCUT2D eigenvalue weighted by Crippen LogP contribution is 2.24. The zero-order valence-corrected chi connectivity index (χ0v) is 26.2. The van der Waals surface area contributed by atoms with E-state index in [1.165, 1.54) is 4.90 Å². The van der Waals surface area contributed by atoms with Crippen molar-refractivity contribution >= 4 is 23.8 Å². The predicted octanol–water partition coefficient (Wildman–Crippen LogP) is 7.96. The number of carboxylic acids is 1. The number of hydrogen-bond donors (Lipinski definition) is 1. The standard InChI is InChI=1S/C36H39NO7S/c1-2-41-34(35(38)39)27-28-15-17-29(18-16-28)42-25-24-37(23-9-10-26-45-33-13-7-4-8-14-33)36(40)44-32-21-19-31(20-22-32)43-30-11-5-3-6-12-30/h3-8,11-22,34H,2,9-10,23-27H2,1H3,(H,38,39). The summed E-state index contributed by atoms with van der Waals surface area (Å²) in [4.78, 5) is 27.5. The van der Waals surface area contributed by atoms with E-state index in [2.05, 4.69) is 12.1 Å². The van der Waals surface area contributed by atoms with Crippen molar-refractivity contribution in [1.82, 2.24) is 4.90 Å². The van der Waals surface area contributed by atoms with Crippen molar-refractivity contribution in [3.05, 3.63) is 115 Å². The Labute approximate surface area is 268 Å². The van der Waals surface area contributed by atoms with Crippen LogP contribution in [-0.2, 0) is 16.0 Å². The summed E-state index contributed by atoms with van der Waals surface area (Å²) in [6.07, 6.45) is 0.691. The molecular weight excluding hydrogens is 590 g/mol. The van der Waals surface area contributed by atoms with Crippen LogP contribution in [0.1, 0.15) is 25.3 Å². The van der Waals surface area contributed by atoms with E-state index in [4.69, 9.17) is 18.9 Å². The normalized spacial score (nSPS) is 11.4. The fraction of sp³-hybridized carbons (Fsp3) is 0.278. The first-order chi connectivity index (χ1) is 22.0. The minimum absolute atomic E-state index is 0.269. The van der Waals surface area contributed by atoms with E-state index in [1.54, 1.807) is 60.0 Å². The molecule has 0 saturated heterocycles. The van der Waals surface area contributed by atoms with Crippen molar-refractivity contribution in [2.75, 3.05) is 32.1 Å². The average Bonchev–Trinajstić information content (AvgIpc) is 3.06. The molecule has 9 heteroatoms. The third-order valence-electron chi connectivity index (χ3n) is 6.72. The SMILES string of the molecule is CCOC(Cc1ccc(OCCN(CCCCSc2ccccc2)C(=O)Oc2ccc(Oc3ccccc3)cc2)cc1)C(=O)O. The quantitative estimate of drug-likeness (QED) is 0.0875. The van der Waals surface area contributed by atoms with E-state index in [0.717, 1.165) is 29.9 Å². The number of para-hydroxylation sites is 1. The number of thioether (sulfide) groups is 1. The first-order valence-corrected chi connectivity index (χ1v) is 16.0. The minimum Gasteiger partial charge on any atom is -0.492 e. The predicted molar refractivity (Wildman–Crippen MR) is 176 cm³/mol. The number of ether oxygens (including phenoxy) is 4. The molecule has 4 rings (SSSR count). The third kappa shape index (κ3) is 11.9. The molecule has 0 aliphatic carbocycles. The maximum atomic E-state index is 13.2. The van der Waals surface area contributed by atoms with Crippen molar-refractivity contribution in [1.29, 1.82) is 0 Å². The molecule has 236 valence electrons. The lowest BCUT2D eigenvalue weighted by Gasteiger charge is -2.22.